The van der Waals surface area contributed by atoms with Crippen LogP contribution in [0.4, 0.5) is 5.00 Å². The minimum absolute atomic E-state index is 0.00648. The third-order valence-corrected chi connectivity index (χ3v) is 3.41. The Hall–Kier alpha value is -1.36. The van der Waals surface area contributed by atoms with Crippen LogP contribution in [0.1, 0.15) is 28.1 Å². The molecule has 0 spiro atoms. The molecule has 4 nitrogen and oxygen atoms in total. The van der Waals surface area contributed by atoms with E-state index in [0.29, 0.717) is 10.6 Å². The van der Waals surface area contributed by atoms with Gasteiger partial charge in [-0.15, -0.1) is 11.3 Å². The van der Waals surface area contributed by atoms with Crippen LogP contribution in [0.3, 0.4) is 0 Å². The number of carbonyl (C=O) groups excluding carboxylic acids is 2. The summed E-state index contributed by atoms with van der Waals surface area (Å²) in [7, 11) is 1.34. The Morgan fingerprint density at radius 1 is 1.50 bits per heavy atom. The Balaban J connectivity index is 2.18. The van der Waals surface area contributed by atoms with Crippen molar-refractivity contribution in [3.8, 4) is 0 Å². The van der Waals surface area contributed by atoms with Crippen LogP contribution in [0.2, 0.25) is 0 Å². The molecule has 1 aromatic heterocycles. The quantitative estimate of drug-likeness (QED) is 0.823. The molecular formula is C11H13NO3S. The lowest BCUT2D eigenvalue weighted by atomic mass is 10.3. The zero-order valence-electron chi connectivity index (χ0n) is 9.20. The first-order valence-corrected chi connectivity index (χ1v) is 5.93. The molecule has 0 bridgehead atoms. The van der Waals surface area contributed by atoms with E-state index in [2.05, 4.69) is 10.1 Å². The van der Waals surface area contributed by atoms with Gasteiger partial charge in [-0.3, -0.25) is 4.79 Å². The van der Waals surface area contributed by atoms with Gasteiger partial charge in [-0.05, 0) is 25.8 Å². The zero-order chi connectivity index (χ0) is 11.7. The number of esters is 1. The Kier molecular flexibility index (Phi) is 2.96. The van der Waals surface area contributed by atoms with Gasteiger partial charge in [-0.2, -0.15) is 0 Å². The van der Waals surface area contributed by atoms with E-state index in [0.717, 1.165) is 17.7 Å². The van der Waals surface area contributed by atoms with Crippen LogP contribution >= 0.6 is 11.3 Å². The second-order valence-corrected chi connectivity index (χ2v) is 5.11. The molecule has 2 rings (SSSR count). The van der Waals surface area contributed by atoms with E-state index < -0.39 is 5.97 Å². The zero-order valence-corrected chi connectivity index (χ0v) is 10.0. The second kappa shape index (κ2) is 4.25. The maximum Gasteiger partial charge on any atom is 0.340 e. The van der Waals surface area contributed by atoms with Crippen molar-refractivity contribution in [2.75, 3.05) is 12.4 Å². The summed E-state index contributed by atoms with van der Waals surface area (Å²) in [6.45, 7) is 1.89. The molecule has 0 saturated heterocycles. The van der Waals surface area contributed by atoms with Crippen molar-refractivity contribution < 1.29 is 14.3 Å². The van der Waals surface area contributed by atoms with Crippen LogP contribution in [0.5, 0.6) is 0 Å². The first kappa shape index (κ1) is 11.1. The first-order valence-electron chi connectivity index (χ1n) is 5.11. The molecule has 0 unspecified atom stereocenters. The summed E-state index contributed by atoms with van der Waals surface area (Å²) in [5.74, 6) is -0.268. The highest BCUT2D eigenvalue weighted by Crippen LogP contribution is 2.33. The standard InChI is InChI=1S/C11H13NO3S/c1-6-5-8(11(14)15-2)10(16-6)12-9(13)7-3-4-7/h5,7H,3-4H2,1-2H3,(H,12,13). The van der Waals surface area contributed by atoms with Gasteiger partial charge in [0.25, 0.3) is 0 Å². The molecule has 1 fully saturated rings. The highest BCUT2D eigenvalue weighted by molar-refractivity contribution is 7.16. The van der Waals surface area contributed by atoms with Gasteiger partial charge in [0, 0.05) is 10.8 Å². The number of nitrogens with one attached hydrogen (secondary N) is 1. The van der Waals surface area contributed by atoms with Gasteiger partial charge in [0.1, 0.15) is 5.00 Å². The van der Waals surface area contributed by atoms with E-state index in [1.165, 1.54) is 18.4 Å². The second-order valence-electron chi connectivity index (χ2n) is 3.85. The first-order chi connectivity index (χ1) is 7.61. The monoisotopic (exact) mass is 239 g/mol. The lowest BCUT2D eigenvalue weighted by Crippen LogP contribution is -2.14. The number of amides is 1. The minimum Gasteiger partial charge on any atom is -0.465 e. The lowest BCUT2D eigenvalue weighted by molar-refractivity contribution is -0.117. The van der Waals surface area contributed by atoms with Crippen molar-refractivity contribution in [2.45, 2.75) is 19.8 Å². The Bertz CT molecular complexity index is 434. The maximum absolute atomic E-state index is 11.6. The van der Waals surface area contributed by atoms with Gasteiger partial charge < -0.3 is 10.1 Å². The molecular weight excluding hydrogens is 226 g/mol. The van der Waals surface area contributed by atoms with Crippen molar-refractivity contribution in [3.05, 3.63) is 16.5 Å². The molecule has 0 aromatic carbocycles. The van der Waals surface area contributed by atoms with E-state index >= 15 is 0 Å². The molecule has 16 heavy (non-hydrogen) atoms. The minimum atomic E-state index is -0.407. The molecule has 1 aliphatic carbocycles. The van der Waals surface area contributed by atoms with Crippen molar-refractivity contribution in [3.63, 3.8) is 0 Å². The van der Waals surface area contributed by atoms with Crippen LogP contribution in [0.15, 0.2) is 6.07 Å². The largest absolute Gasteiger partial charge is 0.465 e. The number of aryl methyl sites for hydroxylation is 1. The van der Waals surface area contributed by atoms with E-state index in [1.54, 1.807) is 6.07 Å². The number of thiophene rings is 1. The summed E-state index contributed by atoms with van der Waals surface area (Å²) >= 11 is 1.40. The van der Waals surface area contributed by atoms with Gasteiger partial charge in [0.05, 0.1) is 12.7 Å². The fourth-order valence-corrected chi connectivity index (χ4v) is 2.33. The van der Waals surface area contributed by atoms with E-state index in [9.17, 15) is 9.59 Å². The lowest BCUT2D eigenvalue weighted by Gasteiger charge is -2.03. The van der Waals surface area contributed by atoms with Crippen molar-refractivity contribution >= 4 is 28.2 Å². The molecule has 0 aliphatic heterocycles. The third kappa shape index (κ3) is 2.24. The summed E-state index contributed by atoms with van der Waals surface area (Å²) in [5, 5.41) is 3.39. The van der Waals surface area contributed by atoms with Gasteiger partial charge >= 0.3 is 5.97 Å². The number of hydrogen-bond acceptors (Lipinski definition) is 4. The SMILES string of the molecule is COC(=O)c1cc(C)sc1NC(=O)C1CC1. The summed E-state index contributed by atoms with van der Waals surface area (Å²) in [4.78, 5) is 24.0. The summed E-state index contributed by atoms with van der Waals surface area (Å²) in [5.41, 5.74) is 0.444. The Morgan fingerprint density at radius 3 is 2.75 bits per heavy atom. The number of anilines is 1. The topological polar surface area (TPSA) is 55.4 Å². The number of hydrogen-bond donors (Lipinski definition) is 1. The Morgan fingerprint density at radius 2 is 2.19 bits per heavy atom. The van der Waals surface area contributed by atoms with Crippen molar-refractivity contribution in [1.82, 2.24) is 0 Å². The van der Waals surface area contributed by atoms with Crippen molar-refractivity contribution in [1.29, 1.82) is 0 Å². The van der Waals surface area contributed by atoms with Crippen molar-refractivity contribution in [2.24, 2.45) is 5.92 Å². The number of methoxy groups -OCH3 is 1. The summed E-state index contributed by atoms with van der Waals surface area (Å²) < 4.78 is 4.66. The highest BCUT2D eigenvalue weighted by Gasteiger charge is 2.30. The summed E-state index contributed by atoms with van der Waals surface area (Å²) in [6, 6.07) is 1.74. The van der Waals surface area contributed by atoms with Gasteiger partial charge in [0.2, 0.25) is 5.91 Å². The van der Waals surface area contributed by atoms with Gasteiger partial charge in [-0.1, -0.05) is 0 Å². The number of carbonyl (C=O) groups is 2. The average Bonchev–Trinajstić information content (AvgIpc) is 3.03. The molecule has 1 saturated carbocycles. The van der Waals surface area contributed by atoms with Crippen LogP contribution in [-0.4, -0.2) is 19.0 Å². The smallest absolute Gasteiger partial charge is 0.340 e. The Labute approximate surface area is 97.6 Å². The average molecular weight is 239 g/mol. The molecule has 1 heterocycles. The maximum atomic E-state index is 11.6. The number of ether oxygens (including phenoxy) is 1. The molecule has 5 heteroatoms. The normalized spacial score (nSPS) is 14.6. The molecule has 86 valence electrons. The molecule has 1 amide bonds. The fourth-order valence-electron chi connectivity index (χ4n) is 1.43. The summed E-state index contributed by atoms with van der Waals surface area (Å²) in [6.07, 6.45) is 1.90. The highest BCUT2D eigenvalue weighted by atomic mass is 32.1. The number of rotatable bonds is 3. The predicted molar refractivity (Wildman–Crippen MR) is 61.7 cm³/mol. The van der Waals surface area contributed by atoms with Gasteiger partial charge in [-0.25, -0.2) is 4.79 Å². The van der Waals surface area contributed by atoms with E-state index in [1.807, 2.05) is 6.92 Å². The van der Waals surface area contributed by atoms with Crippen LogP contribution in [-0.2, 0) is 9.53 Å². The van der Waals surface area contributed by atoms with Crippen LogP contribution in [0.25, 0.3) is 0 Å². The third-order valence-electron chi connectivity index (χ3n) is 2.45. The van der Waals surface area contributed by atoms with E-state index in [4.69, 9.17) is 0 Å². The van der Waals surface area contributed by atoms with Gasteiger partial charge in [0.15, 0.2) is 0 Å². The molecule has 1 aromatic rings. The molecule has 0 atom stereocenters. The van der Waals surface area contributed by atoms with E-state index in [-0.39, 0.29) is 11.8 Å². The molecule has 0 radical (unpaired) electrons. The molecule has 1 aliphatic rings. The molecule has 1 N–H and O–H groups in total. The van der Waals surface area contributed by atoms with Crippen LogP contribution < -0.4 is 5.32 Å². The predicted octanol–water partition coefficient (Wildman–Crippen LogP) is 2.19. The fraction of sp³-hybridized carbons (Fsp3) is 0.455. The van der Waals surface area contributed by atoms with Crippen LogP contribution in [0, 0.1) is 12.8 Å².